The number of carbonyl (C=O) groups excluding carboxylic acids is 1. The zero-order chi connectivity index (χ0) is 18.7. The summed E-state index contributed by atoms with van der Waals surface area (Å²) in [6.45, 7) is 4.20. The molecule has 0 unspecified atom stereocenters. The van der Waals surface area contributed by atoms with Crippen LogP contribution in [-0.4, -0.2) is 25.7 Å². The molecule has 0 saturated heterocycles. The Balaban J connectivity index is 1.73. The molecule has 0 saturated carbocycles. The third-order valence-electron chi connectivity index (χ3n) is 3.39. The van der Waals surface area contributed by atoms with Gasteiger partial charge in [-0.25, -0.2) is 13.8 Å². The number of aromatic amines is 1. The first-order valence-electron chi connectivity index (χ1n) is 7.43. The Labute approximate surface area is 156 Å². The van der Waals surface area contributed by atoms with E-state index in [4.69, 9.17) is 12.2 Å². The fourth-order valence-corrected chi connectivity index (χ4v) is 3.20. The van der Waals surface area contributed by atoms with Crippen molar-refractivity contribution in [1.29, 1.82) is 0 Å². The van der Waals surface area contributed by atoms with Crippen LogP contribution in [0.15, 0.2) is 36.2 Å². The lowest BCUT2D eigenvalue weighted by Crippen LogP contribution is -2.12. The predicted octanol–water partition coefficient (Wildman–Crippen LogP) is 3.70. The van der Waals surface area contributed by atoms with Gasteiger partial charge in [-0.3, -0.25) is 19.8 Å². The van der Waals surface area contributed by atoms with Crippen molar-refractivity contribution in [2.75, 3.05) is 5.32 Å². The number of nitrogens with zero attached hydrogens (tertiary/aromatic N) is 3. The number of rotatable bonds is 6. The zero-order valence-electron chi connectivity index (χ0n) is 13.3. The molecular formula is C16H13F2N5OS2. The topological polar surface area (TPSA) is 75.6 Å². The Bertz CT molecular complexity index is 1000. The summed E-state index contributed by atoms with van der Waals surface area (Å²) in [6.07, 6.45) is 2.11. The summed E-state index contributed by atoms with van der Waals surface area (Å²) in [5.74, 6) is -1.59. The lowest BCUT2D eigenvalue weighted by atomic mass is 10.2. The minimum Gasteiger partial charge on any atom is -0.300 e. The van der Waals surface area contributed by atoms with Gasteiger partial charge in [0.05, 0.1) is 12.1 Å². The molecule has 0 aliphatic rings. The van der Waals surface area contributed by atoms with E-state index in [2.05, 4.69) is 27.1 Å². The molecule has 2 N–H and O–H groups in total. The molecule has 1 amide bonds. The second-order valence-corrected chi connectivity index (χ2v) is 6.52. The summed E-state index contributed by atoms with van der Waals surface area (Å²) in [6, 6.07) is 2.62. The second kappa shape index (κ2) is 7.67. The maximum atomic E-state index is 13.2. The first-order chi connectivity index (χ1) is 12.5. The molecule has 0 aliphatic carbocycles. The first-order valence-corrected chi connectivity index (χ1v) is 8.72. The van der Waals surface area contributed by atoms with Crippen molar-refractivity contribution >= 4 is 34.6 Å². The summed E-state index contributed by atoms with van der Waals surface area (Å²) < 4.78 is 28.7. The monoisotopic (exact) mass is 393 g/mol. The summed E-state index contributed by atoms with van der Waals surface area (Å²) in [4.78, 5) is 16.4. The SMILES string of the molecule is C=CCn1c(Cc2csc(NC(=O)c3cc(F)cc(F)c3)n2)n[nH]c1=S. The number of benzene rings is 1. The van der Waals surface area contributed by atoms with Crippen LogP contribution in [-0.2, 0) is 13.0 Å². The van der Waals surface area contributed by atoms with Gasteiger partial charge in [0.2, 0.25) is 0 Å². The lowest BCUT2D eigenvalue weighted by molar-refractivity contribution is 0.102. The molecule has 0 aliphatic heterocycles. The number of aromatic nitrogens is 4. The molecule has 6 nitrogen and oxygen atoms in total. The van der Waals surface area contributed by atoms with Gasteiger partial charge in [-0.1, -0.05) is 6.08 Å². The smallest absolute Gasteiger partial charge is 0.257 e. The van der Waals surface area contributed by atoms with Crippen molar-refractivity contribution in [3.8, 4) is 0 Å². The van der Waals surface area contributed by atoms with Crippen LogP contribution in [0, 0.1) is 16.4 Å². The number of halogens is 2. The van der Waals surface area contributed by atoms with Crippen molar-refractivity contribution in [2.24, 2.45) is 0 Å². The molecule has 2 aromatic heterocycles. The number of hydrogen-bond donors (Lipinski definition) is 2. The molecule has 3 aromatic rings. The van der Waals surface area contributed by atoms with Crippen molar-refractivity contribution < 1.29 is 13.6 Å². The van der Waals surface area contributed by atoms with Crippen LogP contribution in [0.1, 0.15) is 21.9 Å². The Morgan fingerprint density at radius 3 is 2.81 bits per heavy atom. The van der Waals surface area contributed by atoms with Crippen LogP contribution >= 0.6 is 23.6 Å². The molecule has 2 heterocycles. The van der Waals surface area contributed by atoms with E-state index in [0.29, 0.717) is 40.5 Å². The summed E-state index contributed by atoms with van der Waals surface area (Å²) >= 11 is 6.36. The largest absolute Gasteiger partial charge is 0.300 e. The molecule has 3 rings (SSSR count). The normalized spacial score (nSPS) is 10.7. The summed E-state index contributed by atoms with van der Waals surface area (Å²) in [7, 11) is 0. The van der Waals surface area contributed by atoms with E-state index < -0.39 is 17.5 Å². The van der Waals surface area contributed by atoms with Crippen LogP contribution in [0.2, 0.25) is 0 Å². The highest BCUT2D eigenvalue weighted by Crippen LogP contribution is 2.19. The highest BCUT2D eigenvalue weighted by atomic mass is 32.1. The fraction of sp³-hybridized carbons (Fsp3) is 0.125. The number of carbonyl (C=O) groups is 1. The standard InChI is InChI=1S/C16H13F2N5OS2/c1-2-3-23-13(21-22-16(23)25)7-12-8-26-15(19-12)20-14(24)9-4-10(17)6-11(18)5-9/h2,4-6,8H,1,3,7H2,(H,22,25)(H,19,20,24). The van der Waals surface area contributed by atoms with Crippen LogP contribution in [0.4, 0.5) is 13.9 Å². The Hall–Kier alpha value is -2.72. The van der Waals surface area contributed by atoms with Gasteiger partial charge in [0, 0.05) is 23.6 Å². The van der Waals surface area contributed by atoms with Gasteiger partial charge in [-0.2, -0.15) is 5.10 Å². The maximum Gasteiger partial charge on any atom is 0.257 e. The van der Waals surface area contributed by atoms with Crippen LogP contribution in [0.5, 0.6) is 0 Å². The van der Waals surface area contributed by atoms with Gasteiger partial charge >= 0.3 is 0 Å². The van der Waals surface area contributed by atoms with Gasteiger partial charge < -0.3 is 0 Å². The fourth-order valence-electron chi connectivity index (χ4n) is 2.26. The zero-order valence-corrected chi connectivity index (χ0v) is 15.0. The lowest BCUT2D eigenvalue weighted by Gasteiger charge is -2.03. The van der Waals surface area contributed by atoms with Crippen molar-refractivity contribution in [2.45, 2.75) is 13.0 Å². The van der Waals surface area contributed by atoms with E-state index in [0.717, 1.165) is 12.1 Å². The number of hydrogen-bond acceptors (Lipinski definition) is 5. The number of H-pyrrole nitrogens is 1. The number of nitrogens with one attached hydrogen (secondary N) is 2. The molecule has 1 aromatic carbocycles. The molecule has 10 heteroatoms. The van der Waals surface area contributed by atoms with Crippen LogP contribution < -0.4 is 5.32 Å². The molecule has 134 valence electrons. The third kappa shape index (κ3) is 4.09. The molecule has 26 heavy (non-hydrogen) atoms. The number of thiazole rings is 1. The minimum absolute atomic E-state index is 0.119. The van der Waals surface area contributed by atoms with Crippen LogP contribution in [0.25, 0.3) is 0 Å². The van der Waals surface area contributed by atoms with Crippen molar-refractivity contribution in [3.63, 3.8) is 0 Å². The molecule has 0 atom stereocenters. The van der Waals surface area contributed by atoms with Gasteiger partial charge in [0.25, 0.3) is 5.91 Å². The molecule has 0 radical (unpaired) electrons. The minimum atomic E-state index is -0.819. The van der Waals surface area contributed by atoms with Gasteiger partial charge in [0.15, 0.2) is 9.90 Å². The average molecular weight is 393 g/mol. The van der Waals surface area contributed by atoms with E-state index >= 15 is 0 Å². The number of anilines is 1. The van der Waals surface area contributed by atoms with E-state index in [1.807, 2.05) is 0 Å². The molecule has 0 fully saturated rings. The molecule has 0 bridgehead atoms. The van der Waals surface area contributed by atoms with Crippen molar-refractivity contribution in [3.05, 3.63) is 69.7 Å². The van der Waals surface area contributed by atoms with E-state index in [-0.39, 0.29) is 5.56 Å². The highest BCUT2D eigenvalue weighted by molar-refractivity contribution is 7.71. The Morgan fingerprint density at radius 2 is 2.12 bits per heavy atom. The predicted molar refractivity (Wildman–Crippen MR) is 96.8 cm³/mol. The van der Waals surface area contributed by atoms with Crippen molar-refractivity contribution in [1.82, 2.24) is 19.7 Å². The Morgan fingerprint density at radius 1 is 1.38 bits per heavy atom. The molecule has 0 spiro atoms. The third-order valence-corrected chi connectivity index (χ3v) is 4.50. The van der Waals surface area contributed by atoms with Gasteiger partial charge in [-0.05, 0) is 24.4 Å². The number of allylic oxidation sites excluding steroid dienone is 1. The summed E-state index contributed by atoms with van der Waals surface area (Å²) in [5, 5.41) is 11.5. The first kappa shape index (κ1) is 18.1. The van der Waals surface area contributed by atoms with E-state index in [1.54, 1.807) is 16.0 Å². The second-order valence-electron chi connectivity index (χ2n) is 5.28. The maximum absolute atomic E-state index is 13.2. The van der Waals surface area contributed by atoms with E-state index in [1.165, 1.54) is 11.3 Å². The Kier molecular flexibility index (Phi) is 5.33. The van der Waals surface area contributed by atoms with Crippen LogP contribution in [0.3, 0.4) is 0 Å². The van der Waals surface area contributed by atoms with Gasteiger partial charge in [-0.15, -0.1) is 17.9 Å². The molecular weight excluding hydrogens is 380 g/mol. The van der Waals surface area contributed by atoms with E-state index in [9.17, 15) is 13.6 Å². The average Bonchev–Trinajstić information content (AvgIpc) is 3.16. The quantitative estimate of drug-likeness (QED) is 0.495. The summed E-state index contributed by atoms with van der Waals surface area (Å²) in [5.41, 5.74) is 0.557. The van der Waals surface area contributed by atoms with Gasteiger partial charge in [0.1, 0.15) is 17.5 Å². The highest BCUT2D eigenvalue weighted by Gasteiger charge is 2.13. The number of amides is 1.